The Balaban J connectivity index is 1.97. The predicted molar refractivity (Wildman–Crippen MR) is 88.4 cm³/mol. The fourth-order valence-corrected chi connectivity index (χ4v) is 2.88. The van der Waals surface area contributed by atoms with E-state index in [0.717, 1.165) is 21.9 Å². The molecule has 0 radical (unpaired) electrons. The molecule has 0 N–H and O–H groups in total. The average Bonchev–Trinajstić information content (AvgIpc) is 2.49. The smallest absolute Gasteiger partial charge is 0.167 e. The second-order valence-corrected chi connectivity index (χ2v) is 5.71. The second kappa shape index (κ2) is 5.88. The summed E-state index contributed by atoms with van der Waals surface area (Å²) < 4.78 is 0. The van der Waals surface area contributed by atoms with Crippen molar-refractivity contribution in [3.63, 3.8) is 0 Å². The lowest BCUT2D eigenvalue weighted by molar-refractivity contribution is 0.0994. The number of rotatable bonds is 3. The van der Waals surface area contributed by atoms with Crippen LogP contribution in [0.15, 0.2) is 60.7 Å². The van der Waals surface area contributed by atoms with E-state index >= 15 is 0 Å². The fraction of sp³-hybridized carbons (Fsp3) is 0.0556. The Kier molecular flexibility index (Phi) is 3.96. The van der Waals surface area contributed by atoms with Gasteiger partial charge in [-0.05, 0) is 28.5 Å². The molecule has 3 heteroatoms. The molecule has 0 unspecified atom stereocenters. The van der Waals surface area contributed by atoms with Gasteiger partial charge in [0.25, 0.3) is 0 Å². The van der Waals surface area contributed by atoms with E-state index in [-0.39, 0.29) is 12.2 Å². The molecule has 0 saturated heterocycles. The zero-order chi connectivity index (χ0) is 14.8. The number of hydrogen-bond donors (Lipinski definition) is 0. The molecule has 21 heavy (non-hydrogen) atoms. The molecule has 0 saturated carbocycles. The Morgan fingerprint density at radius 3 is 2.48 bits per heavy atom. The van der Waals surface area contributed by atoms with E-state index in [1.54, 1.807) is 18.2 Å². The van der Waals surface area contributed by atoms with E-state index in [9.17, 15) is 4.79 Å². The van der Waals surface area contributed by atoms with E-state index in [1.165, 1.54) is 0 Å². The highest BCUT2D eigenvalue weighted by Gasteiger charge is 2.12. The molecule has 1 nitrogen and oxygen atoms in total. The van der Waals surface area contributed by atoms with Crippen molar-refractivity contribution < 1.29 is 4.79 Å². The van der Waals surface area contributed by atoms with Crippen LogP contribution < -0.4 is 0 Å². The van der Waals surface area contributed by atoms with Gasteiger partial charge in [0.15, 0.2) is 5.78 Å². The summed E-state index contributed by atoms with van der Waals surface area (Å²) in [6, 6.07) is 18.8. The van der Waals surface area contributed by atoms with E-state index in [0.29, 0.717) is 10.0 Å². The average molecular weight is 315 g/mol. The molecule has 0 aliphatic rings. The monoisotopic (exact) mass is 314 g/mol. The molecule has 3 aromatic carbocycles. The first-order valence-corrected chi connectivity index (χ1v) is 7.35. The minimum absolute atomic E-state index is 0.0519. The highest BCUT2D eigenvalue weighted by Crippen LogP contribution is 2.24. The van der Waals surface area contributed by atoms with Gasteiger partial charge in [0.2, 0.25) is 0 Å². The molecule has 0 aliphatic carbocycles. The summed E-state index contributed by atoms with van der Waals surface area (Å²) in [5.41, 5.74) is 1.51. The standard InChI is InChI=1S/C18H12Cl2O/c19-14-9-8-13(17(20)11-14)10-18(21)16-7-3-5-12-4-1-2-6-15(12)16/h1-9,11H,10H2. The van der Waals surface area contributed by atoms with Crippen molar-refractivity contribution in [3.8, 4) is 0 Å². The predicted octanol–water partition coefficient (Wildman–Crippen LogP) is 5.57. The minimum atomic E-state index is 0.0519. The SMILES string of the molecule is O=C(Cc1ccc(Cl)cc1Cl)c1cccc2ccccc12. The molecule has 0 spiro atoms. The van der Waals surface area contributed by atoms with E-state index in [4.69, 9.17) is 23.2 Å². The third kappa shape index (κ3) is 2.94. The van der Waals surface area contributed by atoms with Gasteiger partial charge in [-0.15, -0.1) is 0 Å². The molecule has 3 rings (SSSR count). The molecule has 0 aromatic heterocycles. The van der Waals surface area contributed by atoms with Crippen molar-refractivity contribution in [1.82, 2.24) is 0 Å². The van der Waals surface area contributed by atoms with Crippen LogP contribution >= 0.6 is 23.2 Å². The highest BCUT2D eigenvalue weighted by atomic mass is 35.5. The zero-order valence-electron chi connectivity index (χ0n) is 11.1. The van der Waals surface area contributed by atoms with Crippen molar-refractivity contribution >= 4 is 39.8 Å². The fourth-order valence-electron chi connectivity index (χ4n) is 2.40. The summed E-state index contributed by atoms with van der Waals surface area (Å²) in [5.74, 6) is 0.0519. The molecule has 0 heterocycles. The molecule has 0 fully saturated rings. The first-order chi connectivity index (χ1) is 10.1. The number of carbonyl (C=O) groups excluding carboxylic acids is 1. The summed E-state index contributed by atoms with van der Waals surface area (Å²) in [5, 5.41) is 3.12. The maximum Gasteiger partial charge on any atom is 0.167 e. The van der Waals surface area contributed by atoms with Gasteiger partial charge in [0.1, 0.15) is 0 Å². The maximum atomic E-state index is 12.6. The number of Topliss-reactive ketones (excluding diaryl/α,β-unsaturated/α-hetero) is 1. The van der Waals surface area contributed by atoms with Crippen LogP contribution in [0.3, 0.4) is 0 Å². The van der Waals surface area contributed by atoms with Crippen LogP contribution in [0, 0.1) is 0 Å². The first-order valence-electron chi connectivity index (χ1n) is 6.60. The van der Waals surface area contributed by atoms with Gasteiger partial charge in [-0.1, -0.05) is 71.7 Å². The van der Waals surface area contributed by atoms with Gasteiger partial charge in [0, 0.05) is 22.0 Å². The number of benzene rings is 3. The normalized spacial score (nSPS) is 10.8. The zero-order valence-corrected chi connectivity index (χ0v) is 12.7. The van der Waals surface area contributed by atoms with Crippen LogP contribution in [0.1, 0.15) is 15.9 Å². The summed E-state index contributed by atoms with van der Waals surface area (Å²) in [6.45, 7) is 0. The van der Waals surface area contributed by atoms with Gasteiger partial charge >= 0.3 is 0 Å². The van der Waals surface area contributed by atoms with Crippen LogP contribution in [0.4, 0.5) is 0 Å². The Morgan fingerprint density at radius 1 is 0.905 bits per heavy atom. The van der Waals surface area contributed by atoms with Gasteiger partial charge in [-0.3, -0.25) is 4.79 Å². The van der Waals surface area contributed by atoms with Crippen LogP contribution in [0.25, 0.3) is 10.8 Å². The van der Waals surface area contributed by atoms with Crippen molar-refractivity contribution in [2.75, 3.05) is 0 Å². The number of ketones is 1. The summed E-state index contributed by atoms with van der Waals surface area (Å²) in [4.78, 5) is 12.6. The molecule has 0 bridgehead atoms. The summed E-state index contributed by atoms with van der Waals surface area (Å²) >= 11 is 12.0. The van der Waals surface area contributed by atoms with Crippen LogP contribution in [0.2, 0.25) is 10.0 Å². The molecule has 0 atom stereocenters. The van der Waals surface area contributed by atoms with E-state index in [2.05, 4.69) is 0 Å². The Bertz CT molecular complexity index is 819. The van der Waals surface area contributed by atoms with Gasteiger partial charge in [-0.25, -0.2) is 0 Å². The van der Waals surface area contributed by atoms with Crippen molar-refractivity contribution in [2.45, 2.75) is 6.42 Å². The number of hydrogen-bond acceptors (Lipinski definition) is 1. The van der Waals surface area contributed by atoms with Crippen molar-refractivity contribution in [3.05, 3.63) is 81.8 Å². The molecule has 0 aliphatic heterocycles. The molecule has 0 amide bonds. The number of halogens is 2. The number of fused-ring (bicyclic) bond motifs is 1. The van der Waals surface area contributed by atoms with Crippen LogP contribution in [0.5, 0.6) is 0 Å². The summed E-state index contributed by atoms with van der Waals surface area (Å²) in [7, 11) is 0. The third-order valence-corrected chi connectivity index (χ3v) is 4.04. The lowest BCUT2D eigenvalue weighted by atomic mass is 9.97. The van der Waals surface area contributed by atoms with Crippen molar-refractivity contribution in [1.29, 1.82) is 0 Å². The molecule has 104 valence electrons. The third-order valence-electron chi connectivity index (χ3n) is 3.46. The van der Waals surface area contributed by atoms with E-state index < -0.39 is 0 Å². The Hall–Kier alpha value is -1.83. The Morgan fingerprint density at radius 2 is 1.67 bits per heavy atom. The molecule has 3 aromatic rings. The van der Waals surface area contributed by atoms with Crippen LogP contribution in [-0.4, -0.2) is 5.78 Å². The first kappa shape index (κ1) is 14.1. The van der Waals surface area contributed by atoms with Gasteiger partial charge in [-0.2, -0.15) is 0 Å². The molecular weight excluding hydrogens is 303 g/mol. The molecular formula is C18H12Cl2O. The van der Waals surface area contributed by atoms with Gasteiger partial charge in [0.05, 0.1) is 0 Å². The number of carbonyl (C=O) groups is 1. The van der Waals surface area contributed by atoms with Gasteiger partial charge < -0.3 is 0 Å². The maximum absolute atomic E-state index is 12.6. The lowest BCUT2D eigenvalue weighted by Gasteiger charge is -2.07. The van der Waals surface area contributed by atoms with Crippen molar-refractivity contribution in [2.24, 2.45) is 0 Å². The lowest BCUT2D eigenvalue weighted by Crippen LogP contribution is -2.04. The van der Waals surface area contributed by atoms with E-state index in [1.807, 2.05) is 42.5 Å². The van der Waals surface area contributed by atoms with Crippen LogP contribution in [-0.2, 0) is 6.42 Å². The quantitative estimate of drug-likeness (QED) is 0.577. The Labute approximate surface area is 133 Å². The highest BCUT2D eigenvalue weighted by molar-refractivity contribution is 6.35. The summed E-state index contributed by atoms with van der Waals surface area (Å²) in [6.07, 6.45) is 0.268. The second-order valence-electron chi connectivity index (χ2n) is 4.86. The topological polar surface area (TPSA) is 17.1 Å². The largest absolute Gasteiger partial charge is 0.294 e. The minimum Gasteiger partial charge on any atom is -0.294 e.